The highest BCUT2D eigenvalue weighted by molar-refractivity contribution is 6.35. The number of alkyl halides is 6. The number of anilines is 1. The molecular formula is C20H15F6N3O. The molecule has 1 amide bonds. The van der Waals surface area contributed by atoms with Crippen molar-refractivity contribution in [2.75, 3.05) is 19.1 Å². The Morgan fingerprint density at radius 1 is 0.900 bits per heavy atom. The van der Waals surface area contributed by atoms with Crippen molar-refractivity contribution < 1.29 is 31.1 Å². The molecule has 3 rings (SSSR count). The second kappa shape index (κ2) is 7.51. The summed E-state index contributed by atoms with van der Waals surface area (Å²) in [6.07, 6.45) is -7.88. The van der Waals surface area contributed by atoms with Crippen molar-refractivity contribution in [3.63, 3.8) is 0 Å². The van der Waals surface area contributed by atoms with E-state index in [-0.39, 0.29) is 22.5 Å². The first-order valence-electron chi connectivity index (χ1n) is 8.54. The molecule has 10 heteroatoms. The molecule has 0 bridgehead atoms. The van der Waals surface area contributed by atoms with E-state index in [4.69, 9.17) is 0 Å². The van der Waals surface area contributed by atoms with Crippen molar-refractivity contribution in [1.29, 1.82) is 0 Å². The van der Waals surface area contributed by atoms with E-state index in [0.29, 0.717) is 0 Å². The van der Waals surface area contributed by atoms with E-state index >= 15 is 0 Å². The van der Waals surface area contributed by atoms with Crippen LogP contribution in [0.4, 0.5) is 32.0 Å². The summed E-state index contributed by atoms with van der Waals surface area (Å²) in [5.74, 6) is -0.754. The van der Waals surface area contributed by atoms with Gasteiger partial charge in [0.25, 0.3) is 5.91 Å². The molecule has 0 aromatic heterocycles. The zero-order chi connectivity index (χ0) is 22.3. The topological polar surface area (TPSA) is 35.9 Å². The standard InChI is InChI=1S/C20H15F6N3O/c1-28(2)11-16-17(12-5-3-6-13(9-12)19(21,22)23)27-29(18(16)30)15-8-4-7-14(10-15)20(24,25)26/h3-11H,1-2H3. The van der Waals surface area contributed by atoms with Crippen LogP contribution in [0, 0.1) is 0 Å². The van der Waals surface area contributed by atoms with Gasteiger partial charge in [0.05, 0.1) is 22.4 Å². The van der Waals surface area contributed by atoms with Crippen LogP contribution in [0.25, 0.3) is 0 Å². The molecule has 0 N–H and O–H groups in total. The van der Waals surface area contributed by atoms with E-state index < -0.39 is 29.4 Å². The summed E-state index contributed by atoms with van der Waals surface area (Å²) >= 11 is 0. The fraction of sp³-hybridized carbons (Fsp3) is 0.200. The smallest absolute Gasteiger partial charge is 0.383 e. The number of halogens is 6. The lowest BCUT2D eigenvalue weighted by molar-refractivity contribution is -0.138. The number of hydrazone groups is 1. The molecule has 0 saturated carbocycles. The van der Waals surface area contributed by atoms with Crippen LogP contribution >= 0.6 is 0 Å². The minimum absolute atomic E-state index is 0.0146. The minimum Gasteiger partial charge on any atom is -0.383 e. The van der Waals surface area contributed by atoms with Crippen molar-refractivity contribution >= 4 is 17.3 Å². The normalized spacial score (nSPS) is 16.3. The third kappa shape index (κ3) is 4.32. The Balaban J connectivity index is 2.13. The van der Waals surface area contributed by atoms with Crippen molar-refractivity contribution in [3.05, 3.63) is 77.0 Å². The second-order valence-corrected chi connectivity index (χ2v) is 6.70. The van der Waals surface area contributed by atoms with Gasteiger partial charge in [-0.2, -0.15) is 36.5 Å². The first-order chi connectivity index (χ1) is 13.9. The predicted molar refractivity (Wildman–Crippen MR) is 98.7 cm³/mol. The van der Waals surface area contributed by atoms with E-state index in [1.54, 1.807) is 14.1 Å². The Hall–Kier alpha value is -3.30. The molecule has 1 aliphatic rings. The minimum atomic E-state index is -4.63. The van der Waals surface area contributed by atoms with Crippen LogP contribution in [0.5, 0.6) is 0 Å². The van der Waals surface area contributed by atoms with Crippen molar-refractivity contribution in [2.45, 2.75) is 12.4 Å². The maximum Gasteiger partial charge on any atom is 0.416 e. The highest BCUT2D eigenvalue weighted by Crippen LogP contribution is 2.35. The summed E-state index contributed by atoms with van der Waals surface area (Å²) < 4.78 is 78.4. The molecule has 1 heterocycles. The molecule has 0 saturated heterocycles. The van der Waals surface area contributed by atoms with Gasteiger partial charge in [-0.25, -0.2) is 0 Å². The summed E-state index contributed by atoms with van der Waals surface area (Å²) in [7, 11) is 3.19. The lowest BCUT2D eigenvalue weighted by Gasteiger charge is -2.14. The van der Waals surface area contributed by atoms with E-state index in [9.17, 15) is 31.1 Å². The fourth-order valence-corrected chi connectivity index (χ4v) is 2.83. The summed E-state index contributed by atoms with van der Waals surface area (Å²) in [5.41, 5.74) is -2.17. The quantitative estimate of drug-likeness (QED) is 0.515. The third-order valence-corrected chi connectivity index (χ3v) is 4.15. The predicted octanol–water partition coefficient (Wildman–Crippen LogP) is 4.92. The lowest BCUT2D eigenvalue weighted by atomic mass is 10.0. The van der Waals surface area contributed by atoms with E-state index in [0.717, 1.165) is 35.3 Å². The van der Waals surface area contributed by atoms with E-state index in [2.05, 4.69) is 5.10 Å². The van der Waals surface area contributed by atoms with Gasteiger partial charge in [0.2, 0.25) is 0 Å². The van der Waals surface area contributed by atoms with Gasteiger partial charge in [-0.3, -0.25) is 4.79 Å². The maximum atomic E-state index is 13.1. The fourth-order valence-electron chi connectivity index (χ4n) is 2.83. The largest absolute Gasteiger partial charge is 0.416 e. The Bertz CT molecular complexity index is 1040. The van der Waals surface area contributed by atoms with Gasteiger partial charge in [0, 0.05) is 25.9 Å². The van der Waals surface area contributed by atoms with Gasteiger partial charge in [0.15, 0.2) is 0 Å². The molecule has 0 aliphatic carbocycles. The Kier molecular flexibility index (Phi) is 5.36. The summed E-state index contributed by atoms with van der Waals surface area (Å²) in [6, 6.07) is 8.22. The molecule has 0 radical (unpaired) electrons. The van der Waals surface area contributed by atoms with Crippen molar-refractivity contribution in [2.24, 2.45) is 5.10 Å². The number of nitrogens with zero attached hydrogens (tertiary/aromatic N) is 3. The molecule has 2 aromatic carbocycles. The molecule has 30 heavy (non-hydrogen) atoms. The van der Waals surface area contributed by atoms with Crippen molar-refractivity contribution in [3.8, 4) is 0 Å². The highest BCUT2D eigenvalue weighted by Gasteiger charge is 2.36. The Morgan fingerprint density at radius 2 is 1.47 bits per heavy atom. The molecule has 4 nitrogen and oxygen atoms in total. The Labute approximate surface area is 167 Å². The van der Waals surface area contributed by atoms with Crippen LogP contribution in [-0.2, 0) is 17.1 Å². The van der Waals surface area contributed by atoms with Crippen LogP contribution < -0.4 is 5.01 Å². The third-order valence-electron chi connectivity index (χ3n) is 4.15. The van der Waals surface area contributed by atoms with Crippen LogP contribution in [0.3, 0.4) is 0 Å². The number of amides is 1. The average molecular weight is 427 g/mol. The molecule has 0 atom stereocenters. The van der Waals surface area contributed by atoms with Crippen LogP contribution in [-0.4, -0.2) is 30.6 Å². The Morgan fingerprint density at radius 3 is 2.03 bits per heavy atom. The first-order valence-corrected chi connectivity index (χ1v) is 8.54. The van der Waals surface area contributed by atoms with E-state index in [1.165, 1.54) is 29.3 Å². The van der Waals surface area contributed by atoms with Gasteiger partial charge in [-0.1, -0.05) is 18.2 Å². The zero-order valence-corrected chi connectivity index (χ0v) is 15.7. The van der Waals surface area contributed by atoms with Crippen LogP contribution in [0.15, 0.2) is 65.4 Å². The second-order valence-electron chi connectivity index (χ2n) is 6.70. The molecule has 158 valence electrons. The van der Waals surface area contributed by atoms with Gasteiger partial charge in [-0.05, 0) is 30.3 Å². The number of carbonyl (C=O) groups excluding carboxylic acids is 1. The number of benzene rings is 2. The van der Waals surface area contributed by atoms with Gasteiger partial charge < -0.3 is 4.90 Å². The molecule has 2 aromatic rings. The number of rotatable bonds is 3. The average Bonchev–Trinajstić information content (AvgIpc) is 2.97. The lowest BCUT2D eigenvalue weighted by Crippen LogP contribution is -2.23. The summed E-state index contributed by atoms with van der Waals surface area (Å²) in [4.78, 5) is 14.4. The van der Waals surface area contributed by atoms with Gasteiger partial charge in [-0.15, -0.1) is 0 Å². The summed E-state index contributed by atoms with van der Waals surface area (Å²) in [6.45, 7) is 0. The SMILES string of the molecule is CN(C)C=C1C(=O)N(c2cccc(C(F)(F)F)c2)N=C1c1cccc(C(F)(F)F)c1. The van der Waals surface area contributed by atoms with Gasteiger partial charge >= 0.3 is 12.4 Å². The molecule has 0 spiro atoms. The van der Waals surface area contributed by atoms with Crippen LogP contribution in [0.1, 0.15) is 16.7 Å². The number of carbonyl (C=O) groups is 1. The van der Waals surface area contributed by atoms with Crippen LogP contribution in [0.2, 0.25) is 0 Å². The maximum absolute atomic E-state index is 13.1. The molecule has 1 aliphatic heterocycles. The molecular weight excluding hydrogens is 412 g/mol. The zero-order valence-electron chi connectivity index (χ0n) is 15.7. The van der Waals surface area contributed by atoms with E-state index in [1.807, 2.05) is 0 Å². The summed E-state index contributed by atoms with van der Waals surface area (Å²) in [5, 5.41) is 4.81. The van der Waals surface area contributed by atoms with Gasteiger partial charge in [0.1, 0.15) is 5.71 Å². The number of hydrogen-bond acceptors (Lipinski definition) is 3. The molecule has 0 fully saturated rings. The number of hydrogen-bond donors (Lipinski definition) is 0. The molecule has 0 unspecified atom stereocenters. The first kappa shape index (κ1) is 21.4. The monoisotopic (exact) mass is 427 g/mol. The highest BCUT2D eigenvalue weighted by atomic mass is 19.4. The van der Waals surface area contributed by atoms with Crippen molar-refractivity contribution in [1.82, 2.24) is 4.90 Å².